The maximum absolute atomic E-state index is 13.1. The molecule has 0 saturated carbocycles. The van der Waals surface area contributed by atoms with Crippen LogP contribution in [0, 0.1) is 5.82 Å². The van der Waals surface area contributed by atoms with Crippen LogP contribution in [-0.2, 0) is 11.2 Å². The van der Waals surface area contributed by atoms with Crippen molar-refractivity contribution in [1.29, 1.82) is 0 Å². The molecule has 0 aliphatic carbocycles. The van der Waals surface area contributed by atoms with Crippen molar-refractivity contribution < 1.29 is 18.7 Å². The molecule has 0 bridgehead atoms. The van der Waals surface area contributed by atoms with Gasteiger partial charge >= 0.3 is 0 Å². The Morgan fingerprint density at radius 2 is 1.95 bits per heavy atom. The number of methoxy groups -OCH3 is 1. The lowest BCUT2D eigenvalue weighted by Gasteiger charge is -2.12. The minimum Gasteiger partial charge on any atom is -0.494 e. The zero-order valence-corrected chi connectivity index (χ0v) is 12.6. The van der Waals surface area contributed by atoms with Gasteiger partial charge in [0.15, 0.2) is 6.61 Å². The summed E-state index contributed by atoms with van der Waals surface area (Å²) in [5.74, 6) is 0.187. The number of ether oxygens (including phenoxy) is 2. The second-order valence-corrected chi connectivity index (χ2v) is 4.64. The van der Waals surface area contributed by atoms with Gasteiger partial charge in [0.2, 0.25) is 0 Å². The number of amides is 1. The monoisotopic (exact) mass is 303 g/mol. The largest absolute Gasteiger partial charge is 0.494 e. The van der Waals surface area contributed by atoms with E-state index in [1.807, 2.05) is 31.2 Å². The highest BCUT2D eigenvalue weighted by Crippen LogP contribution is 2.25. The Morgan fingerprint density at radius 1 is 1.18 bits per heavy atom. The number of halogens is 1. The molecule has 2 aromatic carbocycles. The number of carbonyl (C=O) groups excluding carboxylic acids is 1. The van der Waals surface area contributed by atoms with Gasteiger partial charge in [0, 0.05) is 6.07 Å². The molecule has 2 rings (SSSR count). The smallest absolute Gasteiger partial charge is 0.262 e. The van der Waals surface area contributed by atoms with Crippen LogP contribution >= 0.6 is 0 Å². The maximum atomic E-state index is 13.1. The van der Waals surface area contributed by atoms with Crippen LogP contribution in [0.25, 0.3) is 0 Å². The van der Waals surface area contributed by atoms with Crippen molar-refractivity contribution in [2.24, 2.45) is 0 Å². The third-order valence-corrected chi connectivity index (χ3v) is 3.15. The molecule has 1 amide bonds. The molecule has 0 heterocycles. The first kappa shape index (κ1) is 15.8. The van der Waals surface area contributed by atoms with E-state index in [4.69, 9.17) is 9.47 Å². The summed E-state index contributed by atoms with van der Waals surface area (Å²) in [4.78, 5) is 12.0. The predicted molar refractivity (Wildman–Crippen MR) is 82.9 cm³/mol. The third kappa shape index (κ3) is 3.97. The second kappa shape index (κ2) is 7.45. The zero-order chi connectivity index (χ0) is 15.9. The number of benzene rings is 2. The molecule has 0 aromatic heterocycles. The van der Waals surface area contributed by atoms with Crippen molar-refractivity contribution in [1.82, 2.24) is 0 Å². The van der Waals surface area contributed by atoms with Gasteiger partial charge in [-0.25, -0.2) is 4.39 Å². The SMILES string of the molecule is CCc1ccccc1OCC(=O)Nc1ccc(F)cc1OC. The van der Waals surface area contributed by atoms with Crippen LogP contribution in [0.4, 0.5) is 10.1 Å². The van der Waals surface area contributed by atoms with Gasteiger partial charge in [-0.05, 0) is 30.2 Å². The average molecular weight is 303 g/mol. The summed E-state index contributed by atoms with van der Waals surface area (Å²) in [6, 6.07) is 11.5. The topological polar surface area (TPSA) is 47.6 Å². The number of aryl methyl sites for hydroxylation is 1. The molecule has 0 atom stereocenters. The summed E-state index contributed by atoms with van der Waals surface area (Å²) in [5, 5.41) is 2.64. The fraction of sp³-hybridized carbons (Fsp3) is 0.235. The molecule has 116 valence electrons. The predicted octanol–water partition coefficient (Wildman–Crippen LogP) is 3.41. The minimum absolute atomic E-state index is 0.127. The number of anilines is 1. The molecule has 0 unspecified atom stereocenters. The molecule has 0 saturated heterocycles. The first-order valence-corrected chi connectivity index (χ1v) is 6.98. The highest BCUT2D eigenvalue weighted by atomic mass is 19.1. The van der Waals surface area contributed by atoms with Crippen molar-refractivity contribution in [3.05, 3.63) is 53.8 Å². The van der Waals surface area contributed by atoms with Crippen LogP contribution in [-0.4, -0.2) is 19.6 Å². The molecule has 0 fully saturated rings. The van der Waals surface area contributed by atoms with E-state index in [0.29, 0.717) is 11.4 Å². The summed E-state index contributed by atoms with van der Waals surface area (Å²) < 4.78 is 23.7. The van der Waals surface area contributed by atoms with E-state index in [1.165, 1.54) is 25.3 Å². The normalized spacial score (nSPS) is 10.1. The lowest BCUT2D eigenvalue weighted by atomic mass is 10.1. The Bertz CT molecular complexity index is 658. The Balaban J connectivity index is 1.99. The van der Waals surface area contributed by atoms with Crippen LogP contribution in [0.5, 0.6) is 11.5 Å². The fourth-order valence-corrected chi connectivity index (χ4v) is 2.03. The summed E-state index contributed by atoms with van der Waals surface area (Å²) in [6.45, 7) is 1.89. The third-order valence-electron chi connectivity index (χ3n) is 3.15. The van der Waals surface area contributed by atoms with E-state index in [2.05, 4.69) is 5.32 Å². The number of hydrogen-bond donors (Lipinski definition) is 1. The van der Waals surface area contributed by atoms with E-state index in [9.17, 15) is 9.18 Å². The number of para-hydroxylation sites is 1. The van der Waals surface area contributed by atoms with Crippen molar-refractivity contribution >= 4 is 11.6 Å². The van der Waals surface area contributed by atoms with Crippen LogP contribution in [0.3, 0.4) is 0 Å². The van der Waals surface area contributed by atoms with Gasteiger partial charge in [0.25, 0.3) is 5.91 Å². The zero-order valence-electron chi connectivity index (χ0n) is 12.6. The molecule has 22 heavy (non-hydrogen) atoms. The van der Waals surface area contributed by atoms with Crippen LogP contribution in [0.15, 0.2) is 42.5 Å². The molecule has 0 radical (unpaired) electrons. The standard InChI is InChI=1S/C17H18FNO3/c1-3-12-6-4-5-7-15(12)22-11-17(20)19-14-9-8-13(18)10-16(14)21-2/h4-10H,3,11H2,1-2H3,(H,19,20). The number of nitrogens with one attached hydrogen (secondary N) is 1. The summed E-state index contributed by atoms with van der Waals surface area (Å²) >= 11 is 0. The van der Waals surface area contributed by atoms with Gasteiger partial charge in [0.1, 0.15) is 17.3 Å². The number of rotatable bonds is 6. The molecule has 0 aliphatic heterocycles. The summed E-state index contributed by atoms with van der Waals surface area (Å²) in [5.41, 5.74) is 1.44. The lowest BCUT2D eigenvalue weighted by Crippen LogP contribution is -2.20. The number of hydrogen-bond acceptors (Lipinski definition) is 3. The molecule has 0 spiro atoms. The Morgan fingerprint density at radius 3 is 2.68 bits per heavy atom. The molecular weight excluding hydrogens is 285 g/mol. The van der Waals surface area contributed by atoms with Crippen molar-refractivity contribution in [2.45, 2.75) is 13.3 Å². The highest BCUT2D eigenvalue weighted by molar-refractivity contribution is 5.93. The van der Waals surface area contributed by atoms with E-state index < -0.39 is 5.82 Å². The summed E-state index contributed by atoms with van der Waals surface area (Å²) in [7, 11) is 1.42. The summed E-state index contributed by atoms with van der Waals surface area (Å²) in [6.07, 6.45) is 0.823. The first-order valence-electron chi connectivity index (χ1n) is 6.98. The van der Waals surface area contributed by atoms with Gasteiger partial charge < -0.3 is 14.8 Å². The van der Waals surface area contributed by atoms with Crippen LogP contribution in [0.1, 0.15) is 12.5 Å². The molecule has 1 N–H and O–H groups in total. The van der Waals surface area contributed by atoms with Gasteiger partial charge in [0.05, 0.1) is 12.8 Å². The van der Waals surface area contributed by atoms with Gasteiger partial charge in [-0.15, -0.1) is 0 Å². The molecular formula is C17H18FNO3. The second-order valence-electron chi connectivity index (χ2n) is 4.64. The van der Waals surface area contributed by atoms with Crippen LogP contribution in [0.2, 0.25) is 0 Å². The Hall–Kier alpha value is -2.56. The van der Waals surface area contributed by atoms with E-state index >= 15 is 0 Å². The Kier molecular flexibility index (Phi) is 5.36. The van der Waals surface area contributed by atoms with Crippen molar-refractivity contribution in [3.63, 3.8) is 0 Å². The molecule has 5 heteroatoms. The van der Waals surface area contributed by atoms with E-state index in [1.54, 1.807) is 0 Å². The first-order chi connectivity index (χ1) is 10.6. The minimum atomic E-state index is -0.428. The van der Waals surface area contributed by atoms with Gasteiger partial charge in [-0.1, -0.05) is 25.1 Å². The quantitative estimate of drug-likeness (QED) is 0.889. The maximum Gasteiger partial charge on any atom is 0.262 e. The van der Waals surface area contributed by atoms with Crippen molar-refractivity contribution in [3.8, 4) is 11.5 Å². The molecule has 2 aromatic rings. The van der Waals surface area contributed by atoms with Crippen molar-refractivity contribution in [2.75, 3.05) is 19.0 Å². The van der Waals surface area contributed by atoms with E-state index in [0.717, 1.165) is 12.0 Å². The van der Waals surface area contributed by atoms with Gasteiger partial charge in [-0.2, -0.15) is 0 Å². The van der Waals surface area contributed by atoms with Gasteiger partial charge in [-0.3, -0.25) is 4.79 Å². The molecule has 4 nitrogen and oxygen atoms in total. The van der Waals surface area contributed by atoms with E-state index in [-0.39, 0.29) is 18.3 Å². The van der Waals surface area contributed by atoms with Crippen LogP contribution < -0.4 is 14.8 Å². The average Bonchev–Trinajstić information content (AvgIpc) is 2.54. The highest BCUT2D eigenvalue weighted by Gasteiger charge is 2.10. The number of carbonyl (C=O) groups is 1. The fourth-order valence-electron chi connectivity index (χ4n) is 2.03. The Labute approximate surface area is 128 Å². The lowest BCUT2D eigenvalue weighted by molar-refractivity contribution is -0.118. The molecule has 0 aliphatic rings.